The lowest BCUT2D eigenvalue weighted by Crippen LogP contribution is -1.84. The van der Waals surface area contributed by atoms with E-state index < -0.39 is 0 Å². The van der Waals surface area contributed by atoms with Gasteiger partial charge in [0, 0.05) is 13.2 Å². The van der Waals surface area contributed by atoms with Crippen LogP contribution in [0.1, 0.15) is 13.8 Å². The maximum absolute atomic E-state index is 4.83. The quantitative estimate of drug-likeness (QED) is 0.581. The van der Waals surface area contributed by atoms with Crippen LogP contribution in [0.5, 0.6) is 0 Å². The summed E-state index contributed by atoms with van der Waals surface area (Å²) in [6.45, 7) is 5.67. The predicted molar refractivity (Wildman–Crippen MR) is 83.6 cm³/mol. The minimum atomic E-state index is 0.844. The summed E-state index contributed by atoms with van der Waals surface area (Å²) in [6.07, 6.45) is 0. The van der Waals surface area contributed by atoms with Crippen LogP contribution in [0.4, 0.5) is 0 Å². The molecular weight excluding hydrogens is 232 g/mol. The summed E-state index contributed by atoms with van der Waals surface area (Å²) < 4.78 is 4.83. The van der Waals surface area contributed by atoms with Crippen LogP contribution in [0.25, 0.3) is 21.5 Å². The van der Waals surface area contributed by atoms with Gasteiger partial charge in [0.2, 0.25) is 0 Å². The van der Waals surface area contributed by atoms with Crippen LogP contribution in [0.15, 0.2) is 60.7 Å². The topological polar surface area (TPSA) is 9.23 Å². The van der Waals surface area contributed by atoms with Gasteiger partial charge in [-0.1, -0.05) is 48.5 Å². The van der Waals surface area contributed by atoms with Crippen LogP contribution in [-0.4, -0.2) is 13.2 Å². The lowest BCUT2D eigenvalue weighted by atomic mass is 10.0. The molecule has 98 valence electrons. The summed E-state index contributed by atoms with van der Waals surface area (Å²) in [4.78, 5) is 0. The van der Waals surface area contributed by atoms with E-state index >= 15 is 0 Å². The van der Waals surface area contributed by atoms with Crippen LogP contribution in [0.3, 0.4) is 0 Å². The van der Waals surface area contributed by atoms with Gasteiger partial charge in [0.1, 0.15) is 0 Å². The van der Waals surface area contributed by atoms with E-state index in [1.54, 1.807) is 0 Å². The molecule has 0 aliphatic rings. The Labute approximate surface area is 114 Å². The lowest BCUT2D eigenvalue weighted by Gasteiger charge is -2.00. The maximum atomic E-state index is 4.83. The molecule has 3 aromatic carbocycles. The number of hydrogen-bond donors (Lipinski definition) is 0. The number of benzene rings is 3. The van der Waals surface area contributed by atoms with Gasteiger partial charge in [-0.25, -0.2) is 0 Å². The second-order valence-electron chi connectivity index (χ2n) is 4.33. The van der Waals surface area contributed by atoms with E-state index in [4.69, 9.17) is 4.74 Å². The van der Waals surface area contributed by atoms with Crippen molar-refractivity contribution in [1.29, 1.82) is 0 Å². The van der Waals surface area contributed by atoms with Gasteiger partial charge in [0.15, 0.2) is 0 Å². The molecule has 0 saturated carbocycles. The zero-order valence-corrected chi connectivity index (χ0v) is 11.6. The lowest BCUT2D eigenvalue weighted by molar-refractivity contribution is 0.162. The van der Waals surface area contributed by atoms with Crippen molar-refractivity contribution in [2.24, 2.45) is 0 Å². The Morgan fingerprint density at radius 2 is 0.947 bits per heavy atom. The Hall–Kier alpha value is -1.86. The van der Waals surface area contributed by atoms with Crippen LogP contribution in [0, 0.1) is 0 Å². The molecule has 0 saturated heterocycles. The van der Waals surface area contributed by atoms with E-state index in [0.717, 1.165) is 13.2 Å². The molecule has 0 atom stereocenters. The van der Waals surface area contributed by atoms with E-state index in [2.05, 4.69) is 60.7 Å². The van der Waals surface area contributed by atoms with Crippen molar-refractivity contribution in [3.05, 3.63) is 60.7 Å². The highest BCUT2D eigenvalue weighted by atomic mass is 16.5. The number of rotatable bonds is 2. The Kier molecular flexibility index (Phi) is 4.93. The minimum Gasteiger partial charge on any atom is -0.382 e. The van der Waals surface area contributed by atoms with E-state index in [9.17, 15) is 0 Å². The molecule has 0 aliphatic carbocycles. The van der Waals surface area contributed by atoms with Gasteiger partial charge < -0.3 is 4.74 Å². The Bertz CT molecular complexity index is 536. The minimum absolute atomic E-state index is 0.844. The molecule has 0 N–H and O–H groups in total. The van der Waals surface area contributed by atoms with Crippen molar-refractivity contribution >= 4 is 21.5 Å². The molecular formula is C18H20O. The normalized spacial score (nSPS) is 10.2. The average Bonchev–Trinajstić information content (AvgIpc) is 2.46. The third kappa shape index (κ3) is 3.55. The fourth-order valence-electron chi connectivity index (χ4n) is 2.09. The zero-order chi connectivity index (χ0) is 13.5. The van der Waals surface area contributed by atoms with Gasteiger partial charge in [-0.05, 0) is 47.5 Å². The first kappa shape index (κ1) is 13.6. The van der Waals surface area contributed by atoms with Gasteiger partial charge in [-0.15, -0.1) is 0 Å². The zero-order valence-electron chi connectivity index (χ0n) is 11.6. The first-order valence-electron chi connectivity index (χ1n) is 6.80. The Morgan fingerprint density at radius 3 is 1.16 bits per heavy atom. The van der Waals surface area contributed by atoms with Gasteiger partial charge in [-0.2, -0.15) is 0 Å². The third-order valence-corrected chi connectivity index (χ3v) is 3.02. The van der Waals surface area contributed by atoms with E-state index in [1.807, 2.05) is 13.8 Å². The molecule has 0 aliphatic heterocycles. The number of hydrogen-bond acceptors (Lipinski definition) is 1. The van der Waals surface area contributed by atoms with Gasteiger partial charge in [0.05, 0.1) is 0 Å². The van der Waals surface area contributed by atoms with Crippen LogP contribution < -0.4 is 0 Å². The van der Waals surface area contributed by atoms with Crippen molar-refractivity contribution < 1.29 is 4.74 Å². The predicted octanol–water partition coefficient (Wildman–Crippen LogP) is 5.04. The molecule has 1 nitrogen and oxygen atoms in total. The second kappa shape index (κ2) is 6.91. The summed E-state index contributed by atoms with van der Waals surface area (Å²) >= 11 is 0. The highest BCUT2D eigenvalue weighted by Crippen LogP contribution is 2.21. The van der Waals surface area contributed by atoms with E-state index in [0.29, 0.717) is 0 Å². The molecule has 0 spiro atoms. The van der Waals surface area contributed by atoms with E-state index in [1.165, 1.54) is 21.5 Å². The van der Waals surface area contributed by atoms with Gasteiger partial charge >= 0.3 is 0 Å². The number of fused-ring (bicyclic) bond motifs is 2. The molecule has 0 heterocycles. The van der Waals surface area contributed by atoms with Crippen molar-refractivity contribution in [1.82, 2.24) is 0 Å². The summed E-state index contributed by atoms with van der Waals surface area (Å²) in [6, 6.07) is 21.4. The van der Waals surface area contributed by atoms with Crippen LogP contribution in [0.2, 0.25) is 0 Å². The van der Waals surface area contributed by atoms with Crippen molar-refractivity contribution in [2.75, 3.05) is 13.2 Å². The van der Waals surface area contributed by atoms with Crippen molar-refractivity contribution in [2.45, 2.75) is 13.8 Å². The highest BCUT2D eigenvalue weighted by Gasteiger charge is 1.95. The van der Waals surface area contributed by atoms with E-state index in [-0.39, 0.29) is 0 Å². The summed E-state index contributed by atoms with van der Waals surface area (Å²) in [7, 11) is 0. The molecule has 1 heteroatoms. The SMILES string of the molecule is CCOCC.c1ccc2cc3ccccc3cc2c1. The molecule has 0 aromatic heterocycles. The summed E-state index contributed by atoms with van der Waals surface area (Å²) in [5, 5.41) is 5.25. The maximum Gasteiger partial charge on any atom is 0.0437 e. The largest absolute Gasteiger partial charge is 0.382 e. The van der Waals surface area contributed by atoms with Crippen molar-refractivity contribution in [3.63, 3.8) is 0 Å². The standard InChI is InChI=1S/C14H10.C4H10O/c1-2-6-12-10-14-8-4-3-7-13(14)9-11(12)5-1;1-3-5-4-2/h1-10H;3-4H2,1-2H3. The van der Waals surface area contributed by atoms with Crippen LogP contribution >= 0.6 is 0 Å². The smallest absolute Gasteiger partial charge is 0.0437 e. The molecule has 0 radical (unpaired) electrons. The van der Waals surface area contributed by atoms with Crippen molar-refractivity contribution in [3.8, 4) is 0 Å². The molecule has 0 amide bonds. The third-order valence-electron chi connectivity index (χ3n) is 3.02. The monoisotopic (exact) mass is 252 g/mol. The fraction of sp³-hybridized carbons (Fsp3) is 0.222. The molecule has 3 rings (SSSR count). The van der Waals surface area contributed by atoms with Gasteiger partial charge in [-0.3, -0.25) is 0 Å². The molecule has 0 fully saturated rings. The molecule has 3 aromatic rings. The first-order valence-corrected chi connectivity index (χ1v) is 6.80. The molecule has 19 heavy (non-hydrogen) atoms. The van der Waals surface area contributed by atoms with Gasteiger partial charge in [0.25, 0.3) is 0 Å². The first-order chi connectivity index (χ1) is 9.35. The Balaban J connectivity index is 0.000000232. The Morgan fingerprint density at radius 1 is 0.632 bits per heavy atom. The summed E-state index contributed by atoms with van der Waals surface area (Å²) in [5.41, 5.74) is 0. The fourth-order valence-corrected chi connectivity index (χ4v) is 2.09. The summed E-state index contributed by atoms with van der Waals surface area (Å²) in [5.74, 6) is 0. The highest BCUT2D eigenvalue weighted by molar-refractivity contribution is 5.98. The van der Waals surface area contributed by atoms with Crippen LogP contribution in [-0.2, 0) is 4.74 Å². The number of ether oxygens (including phenoxy) is 1. The molecule has 0 unspecified atom stereocenters. The second-order valence-corrected chi connectivity index (χ2v) is 4.33. The average molecular weight is 252 g/mol. The molecule has 0 bridgehead atoms.